The quantitative estimate of drug-likeness (QED) is 0.645. The molecule has 0 bridgehead atoms. The lowest BCUT2D eigenvalue weighted by Gasteiger charge is -2.25. The van der Waals surface area contributed by atoms with Gasteiger partial charge in [-0.25, -0.2) is 0 Å². The average Bonchev–Trinajstić information content (AvgIpc) is 2.49. The molecule has 0 aliphatic rings. The van der Waals surface area contributed by atoms with Gasteiger partial charge in [-0.1, -0.05) is 0 Å². The normalized spacial score (nSPS) is 11.4. The lowest BCUT2D eigenvalue weighted by atomic mass is 10.0. The van der Waals surface area contributed by atoms with Crippen LogP contribution < -0.4 is 11.1 Å². The first-order valence-electron chi connectivity index (χ1n) is 5.13. The van der Waals surface area contributed by atoms with Crippen molar-refractivity contribution >= 4 is 11.6 Å². The highest BCUT2D eigenvalue weighted by Gasteiger charge is 2.19. The smallest absolute Gasteiger partial charge is 0.242 e. The Balaban J connectivity index is 2.47. The van der Waals surface area contributed by atoms with Crippen molar-refractivity contribution in [1.82, 2.24) is 15.1 Å². The lowest BCUT2D eigenvalue weighted by molar-refractivity contribution is -0.123. The molecule has 1 amide bonds. The van der Waals surface area contributed by atoms with Crippen LogP contribution in [0, 0.1) is 0 Å². The van der Waals surface area contributed by atoms with E-state index in [0.717, 1.165) is 0 Å². The number of hydrogen-bond acceptors (Lipinski definition) is 4. The second-order valence-electron chi connectivity index (χ2n) is 4.38. The number of nitrogen functional groups attached to an aromatic ring is 1. The first kappa shape index (κ1) is 12.5. The number of hydrogen-bond donors (Lipinski definition) is 3. The molecule has 1 rings (SSSR count). The number of aliphatic hydroxyl groups is 1. The first-order chi connectivity index (χ1) is 7.43. The molecule has 4 N–H and O–H groups in total. The molecule has 0 saturated heterocycles. The van der Waals surface area contributed by atoms with Crippen LogP contribution in [0.15, 0.2) is 12.4 Å². The third-order valence-corrected chi connectivity index (χ3v) is 2.17. The van der Waals surface area contributed by atoms with Gasteiger partial charge < -0.3 is 16.2 Å². The maximum atomic E-state index is 11.6. The second kappa shape index (κ2) is 4.98. The number of rotatable bonds is 5. The van der Waals surface area contributed by atoms with Gasteiger partial charge in [0.05, 0.1) is 11.9 Å². The van der Waals surface area contributed by atoms with Crippen LogP contribution in [0.25, 0.3) is 0 Å². The van der Waals surface area contributed by atoms with Crippen molar-refractivity contribution in [3.05, 3.63) is 12.4 Å². The monoisotopic (exact) mass is 226 g/mol. The minimum atomic E-state index is -0.412. The van der Waals surface area contributed by atoms with Gasteiger partial charge in [0, 0.05) is 18.3 Å². The average molecular weight is 226 g/mol. The van der Waals surface area contributed by atoms with Crippen LogP contribution in [0.4, 0.5) is 5.69 Å². The Bertz CT molecular complexity index is 359. The molecule has 0 radical (unpaired) electrons. The highest BCUT2D eigenvalue weighted by atomic mass is 16.3. The zero-order valence-electron chi connectivity index (χ0n) is 9.60. The zero-order valence-corrected chi connectivity index (χ0v) is 9.60. The van der Waals surface area contributed by atoms with Crippen LogP contribution >= 0.6 is 0 Å². The fourth-order valence-electron chi connectivity index (χ4n) is 1.37. The number of amides is 1. The summed E-state index contributed by atoms with van der Waals surface area (Å²) in [5, 5.41) is 15.5. The summed E-state index contributed by atoms with van der Waals surface area (Å²) < 4.78 is 1.47. The SMILES string of the molecule is CC(C)(CCO)NC(=O)Cn1cc(N)cn1. The fraction of sp³-hybridized carbons (Fsp3) is 0.600. The highest BCUT2D eigenvalue weighted by molar-refractivity contribution is 5.76. The number of aliphatic hydroxyl groups excluding tert-OH is 1. The van der Waals surface area contributed by atoms with Crippen molar-refractivity contribution < 1.29 is 9.90 Å². The number of aromatic nitrogens is 2. The summed E-state index contributed by atoms with van der Waals surface area (Å²) in [6, 6.07) is 0. The number of nitrogens with two attached hydrogens (primary N) is 1. The van der Waals surface area contributed by atoms with E-state index < -0.39 is 5.54 Å². The molecule has 1 heterocycles. The topological polar surface area (TPSA) is 93.2 Å². The van der Waals surface area contributed by atoms with Crippen LogP contribution in [-0.2, 0) is 11.3 Å². The molecular formula is C10H18N4O2. The maximum Gasteiger partial charge on any atom is 0.242 e. The molecule has 0 spiro atoms. The van der Waals surface area contributed by atoms with Crippen molar-refractivity contribution in [3.63, 3.8) is 0 Å². The Morgan fingerprint density at radius 1 is 1.69 bits per heavy atom. The van der Waals surface area contributed by atoms with Gasteiger partial charge in [-0.2, -0.15) is 5.10 Å². The third-order valence-electron chi connectivity index (χ3n) is 2.17. The lowest BCUT2D eigenvalue weighted by Crippen LogP contribution is -2.45. The minimum absolute atomic E-state index is 0.0436. The van der Waals surface area contributed by atoms with E-state index >= 15 is 0 Å². The van der Waals surface area contributed by atoms with Crippen LogP contribution in [-0.4, -0.2) is 32.9 Å². The van der Waals surface area contributed by atoms with E-state index in [4.69, 9.17) is 10.8 Å². The Morgan fingerprint density at radius 3 is 2.88 bits per heavy atom. The van der Waals surface area contributed by atoms with E-state index in [1.54, 1.807) is 6.20 Å². The molecule has 90 valence electrons. The van der Waals surface area contributed by atoms with Crippen LogP contribution in [0.3, 0.4) is 0 Å². The standard InChI is InChI=1S/C10H18N4O2/c1-10(2,3-4-15)13-9(16)7-14-6-8(11)5-12-14/h5-6,15H,3-4,7,11H2,1-2H3,(H,13,16). The number of nitrogens with zero attached hydrogens (tertiary/aromatic N) is 2. The van der Waals surface area contributed by atoms with E-state index in [2.05, 4.69) is 10.4 Å². The number of carbonyl (C=O) groups is 1. The van der Waals surface area contributed by atoms with E-state index in [9.17, 15) is 4.79 Å². The summed E-state index contributed by atoms with van der Waals surface area (Å²) in [6.07, 6.45) is 3.60. The van der Waals surface area contributed by atoms with Gasteiger partial charge in [0.1, 0.15) is 6.54 Å². The van der Waals surface area contributed by atoms with Gasteiger partial charge in [0.15, 0.2) is 0 Å². The maximum absolute atomic E-state index is 11.6. The number of nitrogens with one attached hydrogen (secondary N) is 1. The van der Waals surface area contributed by atoms with E-state index in [0.29, 0.717) is 12.1 Å². The molecule has 6 nitrogen and oxygen atoms in total. The first-order valence-corrected chi connectivity index (χ1v) is 5.13. The largest absolute Gasteiger partial charge is 0.396 e. The zero-order chi connectivity index (χ0) is 12.2. The van der Waals surface area contributed by atoms with E-state index in [1.807, 2.05) is 13.8 Å². The molecule has 16 heavy (non-hydrogen) atoms. The van der Waals surface area contributed by atoms with Crippen LogP contribution in [0.1, 0.15) is 20.3 Å². The van der Waals surface area contributed by atoms with Gasteiger partial charge in [-0.15, -0.1) is 0 Å². The summed E-state index contributed by atoms with van der Waals surface area (Å²) in [5.41, 5.74) is 5.60. The van der Waals surface area contributed by atoms with Crippen molar-refractivity contribution in [2.45, 2.75) is 32.4 Å². The van der Waals surface area contributed by atoms with Gasteiger partial charge >= 0.3 is 0 Å². The fourth-order valence-corrected chi connectivity index (χ4v) is 1.37. The molecule has 0 unspecified atom stereocenters. The minimum Gasteiger partial charge on any atom is -0.396 e. The predicted octanol–water partition coefficient (Wildman–Crippen LogP) is -0.257. The molecule has 6 heteroatoms. The van der Waals surface area contributed by atoms with Gasteiger partial charge in [0.25, 0.3) is 0 Å². The molecule has 0 aliphatic carbocycles. The van der Waals surface area contributed by atoms with Crippen molar-refractivity contribution in [2.75, 3.05) is 12.3 Å². The molecule has 0 aromatic carbocycles. The summed E-state index contributed by atoms with van der Waals surface area (Å²) in [6.45, 7) is 3.89. The van der Waals surface area contributed by atoms with E-state index in [1.165, 1.54) is 10.9 Å². The van der Waals surface area contributed by atoms with Gasteiger partial charge in [0.2, 0.25) is 5.91 Å². The number of anilines is 1. The molecule has 1 aromatic heterocycles. The summed E-state index contributed by atoms with van der Waals surface area (Å²) in [7, 11) is 0. The van der Waals surface area contributed by atoms with Crippen LogP contribution in [0.2, 0.25) is 0 Å². The molecular weight excluding hydrogens is 208 g/mol. The highest BCUT2D eigenvalue weighted by Crippen LogP contribution is 2.07. The molecule has 0 atom stereocenters. The summed E-state index contributed by atoms with van der Waals surface area (Å²) >= 11 is 0. The van der Waals surface area contributed by atoms with Crippen LogP contribution in [0.5, 0.6) is 0 Å². The van der Waals surface area contributed by atoms with Crippen molar-refractivity contribution in [3.8, 4) is 0 Å². The Kier molecular flexibility index (Phi) is 3.89. The Morgan fingerprint density at radius 2 is 2.38 bits per heavy atom. The van der Waals surface area contributed by atoms with Gasteiger partial charge in [-0.3, -0.25) is 9.48 Å². The van der Waals surface area contributed by atoms with Crippen molar-refractivity contribution in [2.24, 2.45) is 0 Å². The van der Waals surface area contributed by atoms with E-state index in [-0.39, 0.29) is 19.1 Å². The third kappa shape index (κ3) is 3.90. The molecule has 0 saturated carbocycles. The summed E-state index contributed by atoms with van der Waals surface area (Å²) in [4.78, 5) is 11.6. The predicted molar refractivity (Wildman–Crippen MR) is 60.6 cm³/mol. The Hall–Kier alpha value is -1.56. The summed E-state index contributed by atoms with van der Waals surface area (Å²) in [5.74, 6) is -0.151. The Labute approximate surface area is 94.4 Å². The molecule has 1 aromatic rings. The molecule has 0 fully saturated rings. The number of carbonyl (C=O) groups excluding carboxylic acids is 1. The second-order valence-corrected chi connectivity index (χ2v) is 4.38. The van der Waals surface area contributed by atoms with Crippen molar-refractivity contribution in [1.29, 1.82) is 0 Å². The van der Waals surface area contributed by atoms with Gasteiger partial charge in [-0.05, 0) is 20.3 Å². The molecule has 0 aliphatic heterocycles.